The van der Waals surface area contributed by atoms with E-state index in [0.29, 0.717) is 6.54 Å². The summed E-state index contributed by atoms with van der Waals surface area (Å²) in [6.45, 7) is 4.31. The molecule has 1 nitrogen and oxygen atoms in total. The Kier molecular flexibility index (Phi) is 3.32. The Bertz CT molecular complexity index is 281. The van der Waals surface area contributed by atoms with E-state index < -0.39 is 0 Å². The SMILES string of the molecule is C=Cc1ccc(CCN)cc1Cl. The van der Waals surface area contributed by atoms with Gasteiger partial charge < -0.3 is 5.73 Å². The van der Waals surface area contributed by atoms with Gasteiger partial charge in [-0.1, -0.05) is 36.4 Å². The first-order valence-electron chi connectivity index (χ1n) is 3.89. The molecule has 0 spiro atoms. The number of rotatable bonds is 3. The molecule has 1 aromatic carbocycles. The van der Waals surface area contributed by atoms with Crippen LogP contribution in [0.5, 0.6) is 0 Å². The molecule has 12 heavy (non-hydrogen) atoms. The Morgan fingerprint density at radius 2 is 2.25 bits per heavy atom. The van der Waals surface area contributed by atoms with Crippen LogP contribution >= 0.6 is 11.6 Å². The standard InChI is InChI=1S/C10H12ClN/c1-2-9-4-3-8(5-6-12)7-10(9)11/h2-4,7H,1,5-6,12H2. The van der Waals surface area contributed by atoms with Gasteiger partial charge in [0.05, 0.1) is 0 Å². The highest BCUT2D eigenvalue weighted by atomic mass is 35.5. The van der Waals surface area contributed by atoms with E-state index in [-0.39, 0.29) is 0 Å². The molecule has 0 bridgehead atoms. The quantitative estimate of drug-likeness (QED) is 0.762. The van der Waals surface area contributed by atoms with Crippen LogP contribution in [-0.2, 0) is 6.42 Å². The minimum atomic E-state index is 0.657. The van der Waals surface area contributed by atoms with Gasteiger partial charge >= 0.3 is 0 Å². The van der Waals surface area contributed by atoms with Crippen molar-refractivity contribution >= 4 is 17.7 Å². The van der Waals surface area contributed by atoms with E-state index in [0.717, 1.165) is 17.0 Å². The fourth-order valence-electron chi connectivity index (χ4n) is 1.06. The summed E-state index contributed by atoms with van der Waals surface area (Å²) in [6, 6.07) is 5.92. The van der Waals surface area contributed by atoms with Crippen molar-refractivity contribution in [2.75, 3.05) is 6.54 Å². The molecular formula is C10H12ClN. The van der Waals surface area contributed by atoms with Crippen LogP contribution in [0.4, 0.5) is 0 Å². The molecular weight excluding hydrogens is 170 g/mol. The van der Waals surface area contributed by atoms with E-state index in [2.05, 4.69) is 6.58 Å². The number of hydrogen-bond acceptors (Lipinski definition) is 1. The predicted molar refractivity (Wildman–Crippen MR) is 54.3 cm³/mol. The zero-order valence-electron chi connectivity index (χ0n) is 6.89. The average molecular weight is 182 g/mol. The number of hydrogen-bond donors (Lipinski definition) is 1. The van der Waals surface area contributed by atoms with Crippen molar-refractivity contribution in [3.05, 3.63) is 40.9 Å². The Hall–Kier alpha value is -0.790. The summed E-state index contributed by atoms with van der Waals surface area (Å²) in [6.07, 6.45) is 2.62. The molecule has 2 heteroatoms. The molecule has 0 saturated heterocycles. The van der Waals surface area contributed by atoms with Crippen LogP contribution in [0.25, 0.3) is 6.08 Å². The van der Waals surface area contributed by atoms with Crippen molar-refractivity contribution in [2.45, 2.75) is 6.42 Å². The Morgan fingerprint density at radius 1 is 1.50 bits per heavy atom. The normalized spacial score (nSPS) is 9.83. The summed E-state index contributed by atoms with van der Waals surface area (Å²) >= 11 is 5.95. The van der Waals surface area contributed by atoms with Crippen LogP contribution in [0.2, 0.25) is 5.02 Å². The molecule has 0 heterocycles. The van der Waals surface area contributed by atoms with E-state index in [9.17, 15) is 0 Å². The maximum absolute atomic E-state index is 5.95. The summed E-state index contributed by atoms with van der Waals surface area (Å²) in [7, 11) is 0. The van der Waals surface area contributed by atoms with Gasteiger partial charge in [-0.3, -0.25) is 0 Å². The highest BCUT2D eigenvalue weighted by molar-refractivity contribution is 6.32. The molecule has 0 unspecified atom stereocenters. The first kappa shape index (κ1) is 9.30. The number of nitrogens with two attached hydrogens (primary N) is 1. The maximum Gasteiger partial charge on any atom is 0.0480 e. The van der Waals surface area contributed by atoms with Crippen molar-refractivity contribution in [3.63, 3.8) is 0 Å². The van der Waals surface area contributed by atoms with Gasteiger partial charge in [0, 0.05) is 5.02 Å². The largest absolute Gasteiger partial charge is 0.330 e. The summed E-state index contributed by atoms with van der Waals surface area (Å²) in [5, 5.41) is 0.746. The monoisotopic (exact) mass is 181 g/mol. The Labute approximate surface area is 77.8 Å². The fourth-order valence-corrected chi connectivity index (χ4v) is 1.34. The van der Waals surface area contributed by atoms with Gasteiger partial charge in [-0.2, -0.15) is 0 Å². The lowest BCUT2D eigenvalue weighted by Crippen LogP contribution is -2.02. The summed E-state index contributed by atoms with van der Waals surface area (Å²) in [4.78, 5) is 0. The number of benzene rings is 1. The van der Waals surface area contributed by atoms with Gasteiger partial charge in [-0.25, -0.2) is 0 Å². The fraction of sp³-hybridized carbons (Fsp3) is 0.200. The molecule has 0 amide bonds. The zero-order chi connectivity index (χ0) is 8.97. The second-order valence-corrected chi connectivity index (χ2v) is 3.01. The first-order chi connectivity index (χ1) is 5.77. The lowest BCUT2D eigenvalue weighted by molar-refractivity contribution is 0.969. The van der Waals surface area contributed by atoms with Gasteiger partial charge in [0.25, 0.3) is 0 Å². The molecule has 0 fully saturated rings. The smallest absolute Gasteiger partial charge is 0.0480 e. The topological polar surface area (TPSA) is 26.0 Å². The third-order valence-electron chi connectivity index (χ3n) is 1.72. The molecule has 0 radical (unpaired) electrons. The minimum absolute atomic E-state index is 0.657. The molecule has 2 N–H and O–H groups in total. The molecule has 0 aliphatic carbocycles. The van der Waals surface area contributed by atoms with E-state index in [4.69, 9.17) is 17.3 Å². The lowest BCUT2D eigenvalue weighted by Gasteiger charge is -2.01. The van der Waals surface area contributed by atoms with Gasteiger partial charge in [-0.05, 0) is 30.2 Å². The third-order valence-corrected chi connectivity index (χ3v) is 2.05. The van der Waals surface area contributed by atoms with Crippen molar-refractivity contribution in [1.82, 2.24) is 0 Å². The zero-order valence-corrected chi connectivity index (χ0v) is 7.64. The van der Waals surface area contributed by atoms with E-state index in [1.54, 1.807) is 6.08 Å². The minimum Gasteiger partial charge on any atom is -0.330 e. The van der Waals surface area contributed by atoms with E-state index in [1.165, 1.54) is 5.56 Å². The van der Waals surface area contributed by atoms with E-state index >= 15 is 0 Å². The van der Waals surface area contributed by atoms with Crippen molar-refractivity contribution in [2.24, 2.45) is 5.73 Å². The third kappa shape index (κ3) is 2.10. The molecule has 1 rings (SSSR count). The van der Waals surface area contributed by atoms with Gasteiger partial charge in [0.1, 0.15) is 0 Å². The second-order valence-electron chi connectivity index (χ2n) is 2.60. The summed E-state index contributed by atoms with van der Waals surface area (Å²) in [5.74, 6) is 0. The summed E-state index contributed by atoms with van der Waals surface area (Å²) in [5.41, 5.74) is 7.56. The molecule has 0 aliphatic heterocycles. The van der Waals surface area contributed by atoms with Crippen LogP contribution in [0.3, 0.4) is 0 Å². The van der Waals surface area contributed by atoms with Crippen molar-refractivity contribution in [3.8, 4) is 0 Å². The maximum atomic E-state index is 5.95. The predicted octanol–water partition coefficient (Wildman–Crippen LogP) is 2.48. The average Bonchev–Trinajstić information content (AvgIpc) is 2.05. The van der Waals surface area contributed by atoms with Crippen LogP contribution in [-0.4, -0.2) is 6.54 Å². The Morgan fingerprint density at radius 3 is 2.75 bits per heavy atom. The molecule has 0 aromatic heterocycles. The van der Waals surface area contributed by atoms with Gasteiger partial charge in [-0.15, -0.1) is 0 Å². The number of halogens is 1. The molecule has 1 aromatic rings. The van der Waals surface area contributed by atoms with Gasteiger partial charge in [0.15, 0.2) is 0 Å². The van der Waals surface area contributed by atoms with Gasteiger partial charge in [0.2, 0.25) is 0 Å². The molecule has 0 aliphatic rings. The van der Waals surface area contributed by atoms with Crippen molar-refractivity contribution < 1.29 is 0 Å². The van der Waals surface area contributed by atoms with Crippen LogP contribution < -0.4 is 5.73 Å². The van der Waals surface area contributed by atoms with Crippen LogP contribution in [0.1, 0.15) is 11.1 Å². The lowest BCUT2D eigenvalue weighted by atomic mass is 10.1. The Balaban J connectivity index is 2.93. The van der Waals surface area contributed by atoms with Crippen molar-refractivity contribution in [1.29, 1.82) is 0 Å². The molecule has 0 saturated carbocycles. The summed E-state index contributed by atoms with van der Waals surface area (Å²) < 4.78 is 0. The van der Waals surface area contributed by atoms with E-state index in [1.807, 2.05) is 18.2 Å². The molecule has 0 atom stereocenters. The highest BCUT2D eigenvalue weighted by Crippen LogP contribution is 2.18. The molecule has 64 valence electrons. The van der Waals surface area contributed by atoms with Crippen LogP contribution in [0, 0.1) is 0 Å². The van der Waals surface area contributed by atoms with Crippen LogP contribution in [0.15, 0.2) is 24.8 Å². The second kappa shape index (κ2) is 4.29. The highest BCUT2D eigenvalue weighted by Gasteiger charge is 1.97. The first-order valence-corrected chi connectivity index (χ1v) is 4.26.